The molecule has 2 rings (SSSR count). The molecule has 1 aromatic heterocycles. The van der Waals surface area contributed by atoms with Gasteiger partial charge in [-0.25, -0.2) is 0 Å². The van der Waals surface area contributed by atoms with Crippen molar-refractivity contribution in [2.45, 2.75) is 32.7 Å². The molecular weight excluding hydrogens is 264 g/mol. The Morgan fingerprint density at radius 3 is 2.52 bits per heavy atom. The normalized spacial score (nSPS) is 12.0. The van der Waals surface area contributed by atoms with Gasteiger partial charge in [0, 0.05) is 6.04 Å². The molecule has 0 saturated heterocycles. The molecule has 0 unspecified atom stereocenters. The van der Waals surface area contributed by atoms with Gasteiger partial charge in [0.15, 0.2) is 11.5 Å². The van der Waals surface area contributed by atoms with E-state index in [-0.39, 0.29) is 6.04 Å². The molecule has 1 heterocycles. The molecule has 4 heteroatoms. The molecule has 0 aliphatic rings. The van der Waals surface area contributed by atoms with E-state index in [1.165, 1.54) is 5.56 Å². The second kappa shape index (κ2) is 7.09. The lowest BCUT2D eigenvalue weighted by Gasteiger charge is -2.12. The van der Waals surface area contributed by atoms with Crippen molar-refractivity contribution in [1.82, 2.24) is 4.98 Å². The number of rotatable bonds is 6. The van der Waals surface area contributed by atoms with E-state index >= 15 is 0 Å². The van der Waals surface area contributed by atoms with Crippen LogP contribution in [0.25, 0.3) is 0 Å². The summed E-state index contributed by atoms with van der Waals surface area (Å²) in [5.74, 6) is 2.08. The lowest BCUT2D eigenvalue weighted by molar-refractivity contribution is 0.377. The van der Waals surface area contributed by atoms with Gasteiger partial charge in [-0.1, -0.05) is 19.9 Å². The highest BCUT2D eigenvalue weighted by molar-refractivity contribution is 5.45. The Balaban J connectivity index is 2.18. The molecule has 4 nitrogen and oxygen atoms in total. The Bertz CT molecular complexity index is 582. The highest BCUT2D eigenvalue weighted by Crippen LogP contribution is 2.32. The molecule has 112 valence electrons. The third kappa shape index (κ3) is 3.73. The van der Waals surface area contributed by atoms with E-state index in [4.69, 9.17) is 15.2 Å². The molecule has 2 aromatic rings. The molecule has 1 atom stereocenters. The fourth-order valence-corrected chi connectivity index (χ4v) is 2.02. The molecule has 2 N–H and O–H groups in total. The quantitative estimate of drug-likeness (QED) is 0.876. The third-order valence-electron chi connectivity index (χ3n) is 3.44. The van der Waals surface area contributed by atoms with Gasteiger partial charge in [0.25, 0.3) is 0 Å². The van der Waals surface area contributed by atoms with Gasteiger partial charge >= 0.3 is 0 Å². The van der Waals surface area contributed by atoms with Crippen molar-refractivity contribution in [3.8, 4) is 17.2 Å². The summed E-state index contributed by atoms with van der Waals surface area (Å²) >= 11 is 0. The topological polar surface area (TPSA) is 57.4 Å². The second-order valence-electron chi connectivity index (χ2n) is 4.87. The van der Waals surface area contributed by atoms with E-state index in [0.717, 1.165) is 24.3 Å². The van der Waals surface area contributed by atoms with Gasteiger partial charge in [-0.2, -0.15) is 0 Å². The van der Waals surface area contributed by atoms with Crippen molar-refractivity contribution in [3.05, 3.63) is 47.8 Å². The van der Waals surface area contributed by atoms with Gasteiger partial charge in [0.05, 0.1) is 19.0 Å². The number of hydrogen-bond donors (Lipinski definition) is 1. The van der Waals surface area contributed by atoms with Crippen LogP contribution in [0.5, 0.6) is 17.2 Å². The molecule has 1 aromatic carbocycles. The number of hydrogen-bond acceptors (Lipinski definition) is 4. The molecule has 21 heavy (non-hydrogen) atoms. The first-order valence-electron chi connectivity index (χ1n) is 7.24. The summed E-state index contributed by atoms with van der Waals surface area (Å²) in [7, 11) is 1.64. The minimum atomic E-state index is -0.0302. The molecule has 0 saturated carbocycles. The van der Waals surface area contributed by atoms with Crippen LogP contribution < -0.4 is 15.2 Å². The van der Waals surface area contributed by atoms with Crippen LogP contribution in [0.15, 0.2) is 36.5 Å². The summed E-state index contributed by atoms with van der Waals surface area (Å²) in [4.78, 5) is 4.34. The average molecular weight is 286 g/mol. The predicted molar refractivity (Wildman–Crippen MR) is 83.9 cm³/mol. The summed E-state index contributed by atoms with van der Waals surface area (Å²) in [6.45, 7) is 4.14. The Kier molecular flexibility index (Phi) is 5.17. The molecule has 0 spiro atoms. The van der Waals surface area contributed by atoms with Crippen LogP contribution in [0.3, 0.4) is 0 Å². The smallest absolute Gasteiger partial charge is 0.169 e. The number of methoxy groups -OCH3 is 1. The first kappa shape index (κ1) is 15.3. The fraction of sp³-hybridized carbons (Fsp3) is 0.353. The molecule has 0 fully saturated rings. The van der Waals surface area contributed by atoms with E-state index in [1.807, 2.05) is 37.3 Å². The maximum Gasteiger partial charge on any atom is 0.169 e. The van der Waals surface area contributed by atoms with Gasteiger partial charge in [-0.15, -0.1) is 0 Å². The van der Waals surface area contributed by atoms with Crippen molar-refractivity contribution in [1.29, 1.82) is 0 Å². The summed E-state index contributed by atoms with van der Waals surface area (Å²) in [5, 5.41) is 0. The van der Waals surface area contributed by atoms with Gasteiger partial charge in [-0.3, -0.25) is 4.98 Å². The number of nitrogens with zero attached hydrogens (tertiary/aromatic N) is 1. The average Bonchev–Trinajstić information content (AvgIpc) is 2.55. The van der Waals surface area contributed by atoms with E-state index < -0.39 is 0 Å². The number of aromatic nitrogens is 1. The van der Waals surface area contributed by atoms with Crippen molar-refractivity contribution in [2.75, 3.05) is 7.11 Å². The van der Waals surface area contributed by atoms with Crippen molar-refractivity contribution in [3.63, 3.8) is 0 Å². The van der Waals surface area contributed by atoms with Crippen LogP contribution in [0, 0.1) is 0 Å². The second-order valence-corrected chi connectivity index (χ2v) is 4.87. The number of ether oxygens (including phenoxy) is 2. The van der Waals surface area contributed by atoms with E-state index in [9.17, 15) is 0 Å². The largest absolute Gasteiger partial charge is 0.493 e. The van der Waals surface area contributed by atoms with Crippen LogP contribution >= 0.6 is 0 Å². The van der Waals surface area contributed by atoms with E-state index in [0.29, 0.717) is 11.5 Å². The minimum absolute atomic E-state index is 0.0302. The van der Waals surface area contributed by atoms with Crippen molar-refractivity contribution >= 4 is 0 Å². The fourth-order valence-electron chi connectivity index (χ4n) is 2.02. The SMILES string of the molecule is CCc1ccc(Oc2ccc([C@H](N)CC)nc2)c(OC)c1. The highest BCUT2D eigenvalue weighted by atomic mass is 16.5. The first-order chi connectivity index (χ1) is 10.2. The molecule has 0 aliphatic heterocycles. The van der Waals surface area contributed by atoms with E-state index in [1.54, 1.807) is 13.3 Å². The van der Waals surface area contributed by atoms with Gasteiger partial charge in [0.1, 0.15) is 5.75 Å². The van der Waals surface area contributed by atoms with Crippen LogP contribution in [0.1, 0.15) is 37.6 Å². The number of benzene rings is 1. The minimum Gasteiger partial charge on any atom is -0.493 e. The van der Waals surface area contributed by atoms with Gasteiger partial charge in [-0.05, 0) is 42.7 Å². The maximum atomic E-state index is 5.95. The number of aryl methyl sites for hydroxylation is 1. The molecule has 0 amide bonds. The highest BCUT2D eigenvalue weighted by Gasteiger charge is 2.08. The number of nitrogens with two attached hydrogens (primary N) is 1. The Morgan fingerprint density at radius 1 is 1.14 bits per heavy atom. The van der Waals surface area contributed by atoms with Crippen molar-refractivity contribution < 1.29 is 9.47 Å². The van der Waals surface area contributed by atoms with Crippen molar-refractivity contribution in [2.24, 2.45) is 5.73 Å². The lowest BCUT2D eigenvalue weighted by atomic mass is 10.1. The summed E-state index contributed by atoms with van der Waals surface area (Å²) in [6.07, 6.45) is 3.51. The Labute approximate surface area is 125 Å². The zero-order valence-corrected chi connectivity index (χ0v) is 12.8. The zero-order chi connectivity index (χ0) is 15.2. The molecule has 0 bridgehead atoms. The number of pyridine rings is 1. The summed E-state index contributed by atoms with van der Waals surface area (Å²) in [6, 6.07) is 9.69. The molecule has 0 radical (unpaired) electrons. The maximum absolute atomic E-state index is 5.95. The Hall–Kier alpha value is -2.07. The van der Waals surface area contributed by atoms with Crippen LogP contribution in [-0.2, 0) is 6.42 Å². The third-order valence-corrected chi connectivity index (χ3v) is 3.44. The van der Waals surface area contributed by atoms with Crippen LogP contribution in [0.2, 0.25) is 0 Å². The van der Waals surface area contributed by atoms with Gasteiger partial charge < -0.3 is 15.2 Å². The zero-order valence-electron chi connectivity index (χ0n) is 12.8. The standard InChI is InChI=1S/C17H22N2O2/c1-4-12-6-9-16(17(10-12)20-3)21-13-7-8-15(19-11-13)14(18)5-2/h6-11,14H,4-5,18H2,1-3H3/t14-/m1/s1. The molecule has 0 aliphatic carbocycles. The van der Waals surface area contributed by atoms with Crippen LogP contribution in [0.4, 0.5) is 0 Å². The van der Waals surface area contributed by atoms with Crippen LogP contribution in [-0.4, -0.2) is 12.1 Å². The first-order valence-corrected chi connectivity index (χ1v) is 7.24. The summed E-state index contributed by atoms with van der Waals surface area (Å²) in [5.41, 5.74) is 8.03. The van der Waals surface area contributed by atoms with E-state index in [2.05, 4.69) is 11.9 Å². The van der Waals surface area contributed by atoms with Gasteiger partial charge in [0.2, 0.25) is 0 Å². The summed E-state index contributed by atoms with van der Waals surface area (Å²) < 4.78 is 11.2. The lowest BCUT2D eigenvalue weighted by Crippen LogP contribution is -2.10. The molecular formula is C17H22N2O2. The monoisotopic (exact) mass is 286 g/mol. The Morgan fingerprint density at radius 2 is 1.95 bits per heavy atom. The predicted octanol–water partition coefficient (Wildman–Crippen LogP) is 3.85.